The van der Waals surface area contributed by atoms with Crippen LogP contribution in [0, 0.1) is 11.6 Å². The third kappa shape index (κ3) is 3.68. The molecule has 5 nitrogen and oxygen atoms in total. The second kappa shape index (κ2) is 7.20. The molecule has 2 heterocycles. The van der Waals surface area contributed by atoms with Crippen molar-refractivity contribution in [3.05, 3.63) is 29.8 Å². The first-order valence-electron chi connectivity index (χ1n) is 8.11. The van der Waals surface area contributed by atoms with Gasteiger partial charge in [0.15, 0.2) is 4.90 Å². The van der Waals surface area contributed by atoms with Gasteiger partial charge in [0.25, 0.3) is 0 Å². The van der Waals surface area contributed by atoms with E-state index in [4.69, 9.17) is 0 Å². The molecule has 3 rings (SSSR count). The standard InChI is InChI=1S/C16H20F2N2O3S2/c1-24-12-7-10-5-6-11(8-12)20(10)15(21)9-19-25(22,23)16-13(17)3-2-4-14(16)18/h2-4,10-12,19H,5-9H2,1H3. The van der Waals surface area contributed by atoms with Gasteiger partial charge in [-0.3, -0.25) is 4.79 Å². The Morgan fingerprint density at radius 3 is 2.32 bits per heavy atom. The van der Waals surface area contributed by atoms with Gasteiger partial charge in [-0.05, 0) is 44.1 Å². The number of piperidine rings is 1. The molecule has 0 spiro atoms. The fraction of sp³-hybridized carbons (Fsp3) is 0.562. The van der Waals surface area contributed by atoms with Crippen LogP contribution in [0.2, 0.25) is 0 Å². The summed E-state index contributed by atoms with van der Waals surface area (Å²) in [6, 6.07) is 3.07. The first kappa shape index (κ1) is 18.6. The number of nitrogens with zero attached hydrogens (tertiary/aromatic N) is 1. The number of hydrogen-bond donors (Lipinski definition) is 1. The lowest BCUT2D eigenvalue weighted by atomic mass is 10.0. The summed E-state index contributed by atoms with van der Waals surface area (Å²) < 4.78 is 53.8. The summed E-state index contributed by atoms with van der Waals surface area (Å²) in [5.41, 5.74) is 0. The molecule has 2 unspecified atom stereocenters. The number of rotatable bonds is 5. The summed E-state index contributed by atoms with van der Waals surface area (Å²) in [5.74, 6) is -2.70. The lowest BCUT2D eigenvalue weighted by Gasteiger charge is -2.38. The highest BCUT2D eigenvalue weighted by Gasteiger charge is 2.43. The number of carbonyl (C=O) groups is 1. The van der Waals surface area contributed by atoms with Crippen molar-refractivity contribution in [2.24, 2.45) is 0 Å². The van der Waals surface area contributed by atoms with Crippen molar-refractivity contribution in [1.82, 2.24) is 9.62 Å². The van der Waals surface area contributed by atoms with Crippen molar-refractivity contribution in [2.75, 3.05) is 12.8 Å². The van der Waals surface area contributed by atoms with Crippen LogP contribution in [-0.2, 0) is 14.8 Å². The van der Waals surface area contributed by atoms with Crippen LogP contribution < -0.4 is 4.72 Å². The number of halogens is 2. The van der Waals surface area contributed by atoms with E-state index in [2.05, 4.69) is 6.26 Å². The van der Waals surface area contributed by atoms with Gasteiger partial charge < -0.3 is 4.90 Å². The van der Waals surface area contributed by atoms with Crippen LogP contribution in [0.15, 0.2) is 23.1 Å². The van der Waals surface area contributed by atoms with Crippen molar-refractivity contribution in [2.45, 2.75) is 47.9 Å². The third-order valence-electron chi connectivity index (χ3n) is 4.91. The van der Waals surface area contributed by atoms with Crippen molar-refractivity contribution < 1.29 is 22.0 Å². The zero-order valence-electron chi connectivity index (χ0n) is 13.7. The second-order valence-electron chi connectivity index (χ2n) is 6.39. The van der Waals surface area contributed by atoms with E-state index in [1.54, 1.807) is 16.7 Å². The van der Waals surface area contributed by atoms with E-state index < -0.39 is 33.1 Å². The van der Waals surface area contributed by atoms with Gasteiger partial charge in [0, 0.05) is 17.3 Å². The molecule has 1 amide bonds. The number of amides is 1. The first-order chi connectivity index (χ1) is 11.8. The first-order valence-corrected chi connectivity index (χ1v) is 10.9. The Balaban J connectivity index is 1.69. The minimum absolute atomic E-state index is 0.124. The highest BCUT2D eigenvalue weighted by molar-refractivity contribution is 7.99. The summed E-state index contributed by atoms with van der Waals surface area (Å²) in [6.07, 6.45) is 5.69. The summed E-state index contributed by atoms with van der Waals surface area (Å²) in [7, 11) is -4.44. The highest BCUT2D eigenvalue weighted by atomic mass is 32.2. The maximum absolute atomic E-state index is 13.7. The fourth-order valence-corrected chi connectivity index (χ4v) is 5.72. The van der Waals surface area contributed by atoms with Gasteiger partial charge in [-0.15, -0.1) is 0 Å². The molecule has 25 heavy (non-hydrogen) atoms. The molecule has 0 aliphatic carbocycles. The van der Waals surface area contributed by atoms with Gasteiger partial charge in [-0.1, -0.05) is 6.07 Å². The van der Waals surface area contributed by atoms with Gasteiger partial charge in [0.1, 0.15) is 11.6 Å². The van der Waals surface area contributed by atoms with Gasteiger partial charge in [0.2, 0.25) is 15.9 Å². The number of nitrogens with one attached hydrogen (secondary N) is 1. The maximum atomic E-state index is 13.7. The number of hydrogen-bond acceptors (Lipinski definition) is 4. The Hall–Kier alpha value is -1.19. The number of benzene rings is 1. The molecule has 0 radical (unpaired) electrons. The average Bonchev–Trinajstić information content (AvgIpc) is 2.82. The van der Waals surface area contributed by atoms with Crippen molar-refractivity contribution in [3.63, 3.8) is 0 Å². The molecular formula is C16H20F2N2O3S2. The number of fused-ring (bicyclic) bond motifs is 2. The van der Waals surface area contributed by atoms with E-state index in [0.717, 1.165) is 43.9 Å². The van der Waals surface area contributed by atoms with Crippen molar-refractivity contribution in [3.8, 4) is 0 Å². The van der Waals surface area contributed by atoms with E-state index in [0.29, 0.717) is 5.25 Å². The summed E-state index contributed by atoms with van der Waals surface area (Å²) in [4.78, 5) is 13.2. The Morgan fingerprint density at radius 2 is 1.80 bits per heavy atom. The molecule has 2 fully saturated rings. The molecule has 1 aromatic rings. The van der Waals surface area contributed by atoms with Crippen LogP contribution in [0.3, 0.4) is 0 Å². The topological polar surface area (TPSA) is 66.5 Å². The van der Waals surface area contributed by atoms with E-state index >= 15 is 0 Å². The zero-order valence-corrected chi connectivity index (χ0v) is 15.4. The summed E-state index contributed by atoms with van der Waals surface area (Å²) in [6.45, 7) is -0.493. The molecule has 1 aromatic carbocycles. The fourth-order valence-electron chi connectivity index (χ4n) is 3.79. The second-order valence-corrected chi connectivity index (χ2v) is 9.23. The molecule has 2 bridgehead atoms. The predicted molar refractivity (Wildman–Crippen MR) is 91.7 cm³/mol. The normalized spacial score (nSPS) is 26.0. The summed E-state index contributed by atoms with van der Waals surface area (Å²) in [5, 5.41) is 0.519. The molecule has 2 aliphatic heterocycles. The monoisotopic (exact) mass is 390 g/mol. The summed E-state index contributed by atoms with van der Waals surface area (Å²) >= 11 is 1.79. The van der Waals surface area contributed by atoms with Crippen LogP contribution in [0.5, 0.6) is 0 Å². The molecule has 138 valence electrons. The molecule has 1 N–H and O–H groups in total. The molecule has 9 heteroatoms. The van der Waals surface area contributed by atoms with Crippen molar-refractivity contribution >= 4 is 27.7 Å². The maximum Gasteiger partial charge on any atom is 0.246 e. The van der Waals surface area contributed by atoms with E-state index in [1.165, 1.54) is 0 Å². The molecule has 2 aliphatic rings. The minimum atomic E-state index is -4.44. The molecular weight excluding hydrogens is 370 g/mol. The molecule has 0 aromatic heterocycles. The van der Waals surface area contributed by atoms with Gasteiger partial charge in [-0.2, -0.15) is 11.8 Å². The smallest absolute Gasteiger partial charge is 0.246 e. The highest BCUT2D eigenvalue weighted by Crippen LogP contribution is 2.39. The molecule has 2 saturated heterocycles. The molecule has 0 saturated carbocycles. The number of sulfonamides is 1. The predicted octanol–water partition coefficient (Wildman–Crippen LogP) is 2.13. The van der Waals surface area contributed by atoms with Gasteiger partial charge in [0.05, 0.1) is 6.54 Å². The Labute approximate surface area is 150 Å². The lowest BCUT2D eigenvalue weighted by molar-refractivity contribution is -0.134. The van der Waals surface area contributed by atoms with Crippen LogP contribution in [-0.4, -0.2) is 49.4 Å². The SMILES string of the molecule is CSC1CC2CCC(C1)N2C(=O)CNS(=O)(=O)c1c(F)cccc1F. The number of carbonyl (C=O) groups excluding carboxylic acids is 1. The van der Waals surface area contributed by atoms with Crippen molar-refractivity contribution in [1.29, 1.82) is 0 Å². The van der Waals surface area contributed by atoms with E-state index in [1.807, 2.05) is 4.72 Å². The van der Waals surface area contributed by atoms with Crippen LogP contribution >= 0.6 is 11.8 Å². The minimum Gasteiger partial charge on any atom is -0.336 e. The van der Waals surface area contributed by atoms with Crippen LogP contribution in [0.1, 0.15) is 25.7 Å². The quantitative estimate of drug-likeness (QED) is 0.837. The Bertz CT molecular complexity index is 738. The van der Waals surface area contributed by atoms with E-state index in [-0.39, 0.29) is 18.0 Å². The number of thioether (sulfide) groups is 1. The largest absolute Gasteiger partial charge is 0.336 e. The lowest BCUT2D eigenvalue weighted by Crippen LogP contribution is -2.50. The van der Waals surface area contributed by atoms with Gasteiger partial charge >= 0.3 is 0 Å². The molecule has 2 atom stereocenters. The van der Waals surface area contributed by atoms with Gasteiger partial charge in [-0.25, -0.2) is 21.9 Å². The van der Waals surface area contributed by atoms with Crippen LogP contribution in [0.4, 0.5) is 8.78 Å². The average molecular weight is 390 g/mol. The zero-order chi connectivity index (χ0) is 18.2. The Morgan fingerprint density at radius 1 is 1.24 bits per heavy atom. The Kier molecular flexibility index (Phi) is 5.36. The van der Waals surface area contributed by atoms with E-state index in [9.17, 15) is 22.0 Å². The third-order valence-corrected chi connectivity index (χ3v) is 7.42. The van der Waals surface area contributed by atoms with Crippen LogP contribution in [0.25, 0.3) is 0 Å².